The molecule has 0 fully saturated rings. The number of alkyl halides is 3. The first-order valence-electron chi connectivity index (χ1n) is 10.4. The van der Waals surface area contributed by atoms with E-state index in [0.717, 1.165) is 27.8 Å². The van der Waals surface area contributed by atoms with Crippen molar-refractivity contribution in [1.29, 1.82) is 0 Å². The lowest BCUT2D eigenvalue weighted by Gasteiger charge is -2.33. The maximum Gasteiger partial charge on any atom is 0.416 e. The molecule has 1 aromatic heterocycles. The summed E-state index contributed by atoms with van der Waals surface area (Å²) >= 11 is 8.37. The lowest BCUT2D eigenvalue weighted by atomic mass is 9.87. The first-order valence-corrected chi connectivity index (χ1v) is 11.8. The largest absolute Gasteiger partial charge is 0.464 e. The molecule has 5 nitrogen and oxygen atoms in total. The zero-order chi connectivity index (χ0) is 25.2. The second-order valence-corrected chi connectivity index (χ2v) is 8.98. The zero-order valence-electron chi connectivity index (χ0n) is 18.1. The monoisotopic (exact) mass is 612 g/mol. The van der Waals surface area contributed by atoms with E-state index in [9.17, 15) is 18.0 Å². The predicted molar refractivity (Wildman–Crippen MR) is 133 cm³/mol. The number of hydrogen-bond donors (Lipinski definition) is 0. The second-order valence-electron chi connectivity index (χ2n) is 7.39. The molecule has 0 aliphatic rings. The van der Waals surface area contributed by atoms with Gasteiger partial charge >= 0.3 is 12.1 Å². The van der Waals surface area contributed by atoms with Crippen LogP contribution in [0.25, 0.3) is 10.9 Å². The van der Waals surface area contributed by atoms with Crippen molar-refractivity contribution in [1.82, 2.24) is 9.97 Å². The van der Waals surface area contributed by atoms with Crippen LogP contribution in [-0.4, -0.2) is 22.5 Å². The highest BCUT2D eigenvalue weighted by molar-refractivity contribution is 14.1. The molecule has 10 heteroatoms. The first kappa shape index (κ1) is 25.2. The van der Waals surface area contributed by atoms with Gasteiger partial charge in [-0.2, -0.15) is 13.2 Å². The molecule has 1 unspecified atom stereocenters. The Bertz CT molecular complexity index is 1370. The quantitative estimate of drug-likeness (QED) is 0.136. The summed E-state index contributed by atoms with van der Waals surface area (Å²) in [4.78, 5) is 22.4. The maximum atomic E-state index is 13.7. The van der Waals surface area contributed by atoms with Gasteiger partial charge in [-0.25, -0.2) is 14.8 Å². The van der Waals surface area contributed by atoms with Gasteiger partial charge in [0, 0.05) is 14.5 Å². The minimum absolute atomic E-state index is 0.00317. The van der Waals surface area contributed by atoms with Crippen LogP contribution >= 0.6 is 34.2 Å². The molecule has 0 aliphatic heterocycles. The molecule has 4 rings (SSSR count). The molecular weight excluding hydrogens is 596 g/mol. The minimum atomic E-state index is -4.52. The van der Waals surface area contributed by atoms with Crippen molar-refractivity contribution >= 4 is 51.1 Å². The SMILES string of the molecule is CCOC(=O)C(Oc1ccc(C(F)(F)F)cc1)(c1ccccc1)c1nc(Cl)nc2ccc(I)cc12. The fraction of sp³-hybridized carbons (Fsp3) is 0.160. The Labute approximate surface area is 217 Å². The van der Waals surface area contributed by atoms with Crippen molar-refractivity contribution < 1.29 is 27.4 Å². The van der Waals surface area contributed by atoms with E-state index in [1.54, 1.807) is 49.4 Å². The highest BCUT2D eigenvalue weighted by Crippen LogP contribution is 2.40. The van der Waals surface area contributed by atoms with Gasteiger partial charge in [0.2, 0.25) is 5.28 Å². The number of carbonyl (C=O) groups is 1. The third-order valence-corrected chi connectivity index (χ3v) is 6.00. The number of nitrogens with zero attached hydrogens (tertiary/aromatic N) is 2. The van der Waals surface area contributed by atoms with Gasteiger partial charge in [0.1, 0.15) is 11.4 Å². The number of ether oxygens (including phenoxy) is 2. The van der Waals surface area contributed by atoms with Crippen molar-refractivity contribution in [2.75, 3.05) is 6.61 Å². The van der Waals surface area contributed by atoms with E-state index in [1.807, 2.05) is 6.07 Å². The van der Waals surface area contributed by atoms with Crippen LogP contribution < -0.4 is 4.74 Å². The Balaban J connectivity index is 2.03. The van der Waals surface area contributed by atoms with Crippen molar-refractivity contribution in [3.63, 3.8) is 0 Å². The standard InChI is InChI=1S/C25H17ClF3IN2O3/c1-2-34-22(33)24(15-6-4-3-5-7-15,35-18-11-8-16(9-12-18)25(27,28)29)21-19-14-17(30)10-13-20(19)31-23(26)32-21/h3-14H,2H2,1H3. The number of halogens is 5. The van der Waals surface area contributed by atoms with E-state index in [-0.39, 0.29) is 23.3 Å². The molecule has 0 spiro atoms. The first-order chi connectivity index (χ1) is 16.6. The summed E-state index contributed by atoms with van der Waals surface area (Å²) in [5, 5.41) is 0.347. The van der Waals surface area contributed by atoms with E-state index >= 15 is 0 Å². The van der Waals surface area contributed by atoms with Gasteiger partial charge in [0.05, 0.1) is 17.7 Å². The smallest absolute Gasteiger partial charge is 0.416 e. The molecule has 0 amide bonds. The predicted octanol–water partition coefficient (Wildman–Crippen LogP) is 6.79. The van der Waals surface area contributed by atoms with Crippen LogP contribution in [0.15, 0.2) is 72.8 Å². The Kier molecular flexibility index (Phi) is 7.18. The van der Waals surface area contributed by atoms with Gasteiger partial charge < -0.3 is 9.47 Å². The number of aromatic nitrogens is 2. The van der Waals surface area contributed by atoms with Crippen LogP contribution in [0, 0.1) is 3.57 Å². The molecule has 180 valence electrons. The molecule has 1 atom stereocenters. The zero-order valence-corrected chi connectivity index (χ0v) is 21.1. The molecule has 0 aliphatic carbocycles. The summed E-state index contributed by atoms with van der Waals surface area (Å²) in [5.74, 6) is -0.801. The molecular formula is C25H17ClF3IN2O3. The summed E-state index contributed by atoms with van der Waals surface area (Å²) in [7, 11) is 0. The fourth-order valence-corrected chi connectivity index (χ4v) is 4.30. The topological polar surface area (TPSA) is 61.3 Å². The molecule has 3 aromatic carbocycles. The van der Waals surface area contributed by atoms with E-state index in [4.69, 9.17) is 21.1 Å². The normalized spacial score (nSPS) is 13.3. The average molecular weight is 613 g/mol. The molecule has 4 aromatic rings. The lowest BCUT2D eigenvalue weighted by molar-refractivity contribution is -0.159. The van der Waals surface area contributed by atoms with Crippen molar-refractivity contribution in [3.05, 3.63) is 98.5 Å². The van der Waals surface area contributed by atoms with E-state index in [1.165, 1.54) is 0 Å². The molecule has 0 N–H and O–H groups in total. The molecule has 0 radical (unpaired) electrons. The summed E-state index contributed by atoms with van der Waals surface area (Å²) in [6, 6.07) is 17.8. The Morgan fingerprint density at radius 1 is 0.971 bits per heavy atom. The van der Waals surface area contributed by atoms with Crippen molar-refractivity contribution in [2.24, 2.45) is 0 Å². The Morgan fingerprint density at radius 2 is 1.66 bits per heavy atom. The lowest BCUT2D eigenvalue weighted by Crippen LogP contribution is -2.45. The number of benzene rings is 3. The van der Waals surface area contributed by atoms with E-state index < -0.39 is 23.3 Å². The maximum absolute atomic E-state index is 13.7. The molecule has 35 heavy (non-hydrogen) atoms. The van der Waals surface area contributed by atoms with Crippen molar-refractivity contribution in [2.45, 2.75) is 18.7 Å². The van der Waals surface area contributed by atoms with Crippen LogP contribution in [0.4, 0.5) is 13.2 Å². The highest BCUT2D eigenvalue weighted by Gasteiger charge is 2.49. The second kappa shape index (κ2) is 9.98. The van der Waals surface area contributed by atoms with Crippen LogP contribution in [0.2, 0.25) is 5.28 Å². The van der Waals surface area contributed by atoms with Crippen molar-refractivity contribution in [3.8, 4) is 5.75 Å². The van der Waals surface area contributed by atoms with Gasteiger partial charge in [0.25, 0.3) is 5.60 Å². The third kappa shape index (κ3) is 5.06. The Morgan fingerprint density at radius 3 is 2.29 bits per heavy atom. The summed E-state index contributed by atoms with van der Waals surface area (Å²) in [6.07, 6.45) is -4.52. The number of hydrogen-bond acceptors (Lipinski definition) is 5. The van der Waals surface area contributed by atoms with E-state index in [2.05, 4.69) is 32.6 Å². The van der Waals surface area contributed by atoms with Gasteiger partial charge in [-0.3, -0.25) is 0 Å². The number of rotatable bonds is 6. The van der Waals surface area contributed by atoms with Gasteiger partial charge in [-0.05, 0) is 83.6 Å². The minimum Gasteiger partial charge on any atom is -0.464 e. The summed E-state index contributed by atoms with van der Waals surface area (Å²) in [5.41, 5.74) is -1.92. The van der Waals surface area contributed by atoms with Crippen LogP contribution in [-0.2, 0) is 21.3 Å². The summed E-state index contributed by atoms with van der Waals surface area (Å²) < 4.78 is 51.9. The van der Waals surface area contributed by atoms with Crippen LogP contribution in [0.3, 0.4) is 0 Å². The Hall–Kier alpha value is -2.92. The fourth-order valence-electron chi connectivity index (χ4n) is 3.64. The van der Waals surface area contributed by atoms with Crippen LogP contribution in [0.1, 0.15) is 23.7 Å². The van der Waals surface area contributed by atoms with Gasteiger partial charge in [-0.1, -0.05) is 30.3 Å². The third-order valence-electron chi connectivity index (χ3n) is 5.16. The number of carbonyl (C=O) groups excluding carboxylic acids is 1. The molecule has 0 saturated carbocycles. The summed E-state index contributed by atoms with van der Waals surface area (Å²) in [6.45, 7) is 1.66. The van der Waals surface area contributed by atoms with Crippen LogP contribution in [0.5, 0.6) is 5.75 Å². The average Bonchev–Trinajstić information content (AvgIpc) is 2.83. The van der Waals surface area contributed by atoms with Gasteiger partial charge in [0.15, 0.2) is 0 Å². The highest BCUT2D eigenvalue weighted by atomic mass is 127. The van der Waals surface area contributed by atoms with E-state index in [0.29, 0.717) is 16.5 Å². The molecule has 0 bridgehead atoms. The van der Waals surface area contributed by atoms with Gasteiger partial charge in [-0.15, -0.1) is 0 Å². The number of fused-ring (bicyclic) bond motifs is 1. The number of esters is 1. The molecule has 0 saturated heterocycles. The molecule has 1 heterocycles.